The summed E-state index contributed by atoms with van der Waals surface area (Å²) < 4.78 is 38.6. The number of ether oxygens (including phenoxy) is 6. The highest BCUT2D eigenvalue weighted by Crippen LogP contribution is 2.42. The Labute approximate surface area is 477 Å². The van der Waals surface area contributed by atoms with Crippen LogP contribution in [-0.4, -0.2) is 165 Å². The second-order valence-electron chi connectivity index (χ2n) is 24.0. The zero-order chi connectivity index (χ0) is 56.3. The number of aromatic nitrogens is 6. The second kappa shape index (κ2) is 24.8. The van der Waals surface area contributed by atoms with E-state index in [2.05, 4.69) is 75.6 Å². The summed E-state index contributed by atoms with van der Waals surface area (Å²) in [5, 5.41) is 15.2. The Hall–Kier alpha value is -6.02. The number of carbonyl (C=O) groups excluding carboxylic acids is 2. The third-order valence-corrected chi connectivity index (χ3v) is 17.2. The molecule has 0 atom stereocenters. The standard InChI is InChI=1S/C32H43N5O4.C31H41N5O4/c1-5-40-31(38)27-17-26(28-29(33-27)37(25-9-7-6-8-10-25)34-30(28)41-22(2)3)24-13-11-23(12-14-24)18-36-16-15-35(4)19-32(36)20-39-21-32;1-4-39-30(37)26-16-25(23-12-10-22(11-13-23)17-35-15-14-32-18-31(35)19-38-20-31)27-28(33-26)36(24-8-6-5-7-9-24)34-29(27)40-21(2)3/h11-14,17,22,25H,5-10,15-16,18-21H2,1-4H3;10-13,16,21,24,32H,4-9,14-15,17-20H2,1-3H3. The van der Waals surface area contributed by atoms with E-state index in [0.29, 0.717) is 47.7 Å². The molecule has 4 aromatic heterocycles. The fourth-order valence-electron chi connectivity index (χ4n) is 12.9. The first kappa shape index (κ1) is 56.8. The smallest absolute Gasteiger partial charge is 0.357 e. The van der Waals surface area contributed by atoms with Gasteiger partial charge in [0.2, 0.25) is 11.8 Å². The van der Waals surface area contributed by atoms with E-state index in [9.17, 15) is 9.59 Å². The molecule has 2 spiro atoms. The summed E-state index contributed by atoms with van der Waals surface area (Å²) in [7, 11) is 2.19. The number of nitrogens with zero attached hydrogens (tertiary/aromatic N) is 9. The third kappa shape index (κ3) is 12.1. The van der Waals surface area contributed by atoms with E-state index in [-0.39, 0.29) is 35.4 Å². The van der Waals surface area contributed by atoms with Gasteiger partial charge in [-0.2, -0.15) is 0 Å². The van der Waals surface area contributed by atoms with Gasteiger partial charge in [0.05, 0.1) is 85.8 Å². The predicted octanol–water partition coefficient (Wildman–Crippen LogP) is 9.83. The minimum atomic E-state index is -0.420. The van der Waals surface area contributed by atoms with E-state index < -0.39 is 11.9 Å². The number of rotatable bonds is 16. The lowest BCUT2D eigenvalue weighted by atomic mass is 9.91. The zero-order valence-electron chi connectivity index (χ0n) is 48.8. The third-order valence-electron chi connectivity index (χ3n) is 17.2. The number of nitrogens with one attached hydrogen (secondary N) is 1. The number of likely N-dealkylation sites (N-methyl/N-ethyl adjacent to an activating group) is 1. The summed E-state index contributed by atoms with van der Waals surface area (Å²) in [4.78, 5) is 43.1. The van der Waals surface area contributed by atoms with Crippen molar-refractivity contribution in [2.75, 3.05) is 86.0 Å². The maximum Gasteiger partial charge on any atom is 0.357 e. The van der Waals surface area contributed by atoms with E-state index in [0.717, 1.165) is 137 Å². The first-order valence-electron chi connectivity index (χ1n) is 30.1. The molecule has 8 heterocycles. The number of hydrogen-bond acceptors (Lipinski definition) is 16. The number of piperazine rings is 2. The van der Waals surface area contributed by atoms with Gasteiger partial charge in [-0.25, -0.2) is 28.9 Å². The molecule has 2 saturated carbocycles. The molecular weight excluding hydrogens is 1020 g/mol. The minimum Gasteiger partial charge on any atom is -0.473 e. The van der Waals surface area contributed by atoms with Gasteiger partial charge >= 0.3 is 11.9 Å². The number of esters is 2. The van der Waals surface area contributed by atoms with Crippen LogP contribution in [0.1, 0.15) is 150 Å². The molecule has 18 heteroatoms. The summed E-state index contributed by atoms with van der Waals surface area (Å²) in [6.45, 7) is 23.3. The Bertz CT molecular complexity index is 3140. The lowest BCUT2D eigenvalue weighted by Gasteiger charge is -2.54. The average Bonchev–Trinajstić information content (AvgIpc) is 4.12. The summed E-state index contributed by atoms with van der Waals surface area (Å²) >= 11 is 0. The van der Waals surface area contributed by atoms with Crippen LogP contribution in [0, 0.1) is 0 Å². The number of fused-ring (bicyclic) bond motifs is 2. The highest BCUT2D eigenvalue weighted by atomic mass is 16.5. The molecule has 0 bridgehead atoms. The van der Waals surface area contributed by atoms with E-state index in [1.54, 1.807) is 0 Å². The zero-order valence-corrected chi connectivity index (χ0v) is 48.8. The lowest BCUT2D eigenvalue weighted by Crippen LogP contribution is -2.70. The van der Waals surface area contributed by atoms with Gasteiger partial charge in [0.25, 0.3) is 0 Å². The molecule has 6 aliphatic rings. The highest BCUT2D eigenvalue weighted by Gasteiger charge is 2.47. The van der Waals surface area contributed by atoms with Crippen molar-refractivity contribution in [2.45, 2.75) is 154 Å². The van der Waals surface area contributed by atoms with Crippen molar-refractivity contribution in [1.82, 2.24) is 49.5 Å². The maximum absolute atomic E-state index is 13.0. The van der Waals surface area contributed by atoms with Crippen LogP contribution in [0.4, 0.5) is 0 Å². The summed E-state index contributed by atoms with van der Waals surface area (Å²) in [6, 6.07) is 21.5. The van der Waals surface area contributed by atoms with Crippen LogP contribution in [0.2, 0.25) is 0 Å². The number of benzene rings is 2. The Morgan fingerprint density at radius 3 is 1.47 bits per heavy atom. The molecule has 0 amide bonds. The first-order chi connectivity index (χ1) is 39.3. The molecular formula is C63H84N10O8. The monoisotopic (exact) mass is 1110 g/mol. The Morgan fingerprint density at radius 2 is 1.06 bits per heavy atom. The number of carbonyl (C=O) groups is 2. The van der Waals surface area contributed by atoms with Crippen LogP contribution >= 0.6 is 0 Å². The molecule has 18 nitrogen and oxygen atoms in total. The molecule has 0 unspecified atom stereocenters. The molecule has 2 aliphatic carbocycles. The quantitative estimate of drug-likeness (QED) is 0.0907. The fourth-order valence-corrected chi connectivity index (χ4v) is 12.9. The molecule has 6 fully saturated rings. The minimum absolute atomic E-state index is 0.0419. The average molecular weight is 1110 g/mol. The molecule has 81 heavy (non-hydrogen) atoms. The Morgan fingerprint density at radius 1 is 0.617 bits per heavy atom. The van der Waals surface area contributed by atoms with Crippen molar-refractivity contribution in [1.29, 1.82) is 0 Å². The van der Waals surface area contributed by atoms with Crippen LogP contribution < -0.4 is 14.8 Å². The van der Waals surface area contributed by atoms with Gasteiger partial charge in [0, 0.05) is 63.5 Å². The Kier molecular flexibility index (Phi) is 17.4. The number of pyridine rings is 2. The van der Waals surface area contributed by atoms with Gasteiger partial charge in [-0.15, -0.1) is 10.2 Å². The van der Waals surface area contributed by atoms with E-state index >= 15 is 0 Å². The molecule has 1 N–H and O–H groups in total. The van der Waals surface area contributed by atoms with Gasteiger partial charge in [-0.3, -0.25) is 9.80 Å². The SMILES string of the molecule is CCOC(=O)c1cc(-c2ccc(CN3CCN(C)CC34COC4)cc2)c2c(OC(C)C)nn(C3CCCCC3)c2n1.CCOC(=O)c1cc(-c2ccc(CN3CCNCC34COC4)cc2)c2c(OC(C)C)nn(C3CCCCC3)c2n1. The molecule has 434 valence electrons. The predicted molar refractivity (Wildman–Crippen MR) is 312 cm³/mol. The van der Waals surface area contributed by atoms with Gasteiger partial charge in [-0.05, 0) is 109 Å². The van der Waals surface area contributed by atoms with Crippen LogP contribution in [0.5, 0.6) is 11.8 Å². The Balaban J connectivity index is 0.000000170. The van der Waals surface area contributed by atoms with Crippen LogP contribution in [0.15, 0.2) is 60.7 Å². The second-order valence-corrected chi connectivity index (χ2v) is 24.0. The summed E-state index contributed by atoms with van der Waals surface area (Å²) in [6.07, 6.45) is 11.3. The normalized spacial score (nSPS) is 19.9. The fraction of sp³-hybridized carbons (Fsp3) is 0.587. The van der Waals surface area contributed by atoms with Gasteiger partial charge < -0.3 is 38.6 Å². The van der Waals surface area contributed by atoms with Crippen molar-refractivity contribution in [3.8, 4) is 34.0 Å². The van der Waals surface area contributed by atoms with Crippen molar-refractivity contribution in [3.63, 3.8) is 0 Å². The van der Waals surface area contributed by atoms with Crippen molar-refractivity contribution >= 4 is 34.0 Å². The number of hydrogen-bond donors (Lipinski definition) is 1. The van der Waals surface area contributed by atoms with Crippen LogP contribution in [0.3, 0.4) is 0 Å². The van der Waals surface area contributed by atoms with E-state index in [1.165, 1.54) is 49.7 Å². The molecule has 2 aromatic carbocycles. The highest BCUT2D eigenvalue weighted by molar-refractivity contribution is 6.02. The molecule has 12 rings (SSSR count). The molecule has 6 aromatic rings. The molecule has 4 aliphatic heterocycles. The molecule has 0 radical (unpaired) electrons. The lowest BCUT2D eigenvalue weighted by molar-refractivity contribution is -0.169. The summed E-state index contributed by atoms with van der Waals surface area (Å²) in [5.41, 5.74) is 8.53. The van der Waals surface area contributed by atoms with E-state index in [4.69, 9.17) is 48.6 Å². The van der Waals surface area contributed by atoms with Crippen molar-refractivity contribution < 1.29 is 38.0 Å². The van der Waals surface area contributed by atoms with Crippen LogP contribution in [0.25, 0.3) is 44.3 Å². The topological polar surface area (TPSA) is 173 Å². The van der Waals surface area contributed by atoms with Gasteiger partial charge in [0.15, 0.2) is 22.7 Å². The van der Waals surface area contributed by atoms with Crippen molar-refractivity contribution in [3.05, 3.63) is 83.2 Å². The van der Waals surface area contributed by atoms with Gasteiger partial charge in [0.1, 0.15) is 0 Å². The van der Waals surface area contributed by atoms with E-state index in [1.807, 2.05) is 63.0 Å². The molecule has 4 saturated heterocycles. The van der Waals surface area contributed by atoms with Gasteiger partial charge in [-0.1, -0.05) is 87.1 Å². The summed E-state index contributed by atoms with van der Waals surface area (Å²) in [5.74, 6) is 0.312. The van der Waals surface area contributed by atoms with Crippen molar-refractivity contribution in [2.24, 2.45) is 0 Å². The largest absolute Gasteiger partial charge is 0.473 e. The van der Waals surface area contributed by atoms with Crippen LogP contribution in [-0.2, 0) is 32.0 Å². The maximum atomic E-state index is 13.0. The first-order valence-corrected chi connectivity index (χ1v) is 30.1.